The van der Waals surface area contributed by atoms with E-state index in [0.717, 1.165) is 25.3 Å². The summed E-state index contributed by atoms with van der Waals surface area (Å²) >= 11 is 0. The lowest BCUT2D eigenvalue weighted by atomic mass is 9.86. The Morgan fingerprint density at radius 2 is 1.86 bits per heavy atom. The number of aliphatic hydroxyl groups excluding tert-OH is 1. The van der Waals surface area contributed by atoms with Crippen LogP contribution in [0.1, 0.15) is 47.7 Å². The number of nitrogens with one attached hydrogen (secondary N) is 2. The Kier molecular flexibility index (Phi) is 6.54. The smallest absolute Gasteiger partial charge is 0.209 e. The highest BCUT2D eigenvalue weighted by Crippen LogP contribution is 2.42. The highest BCUT2D eigenvalue weighted by atomic mass is 16.5. The molecule has 3 aromatic rings. The molecular formula is C29H28N6O2. The number of aliphatic imine (C=N–C) groups is 1. The molecule has 186 valence electrons. The van der Waals surface area contributed by atoms with Crippen molar-refractivity contribution < 1.29 is 9.84 Å². The fourth-order valence-corrected chi connectivity index (χ4v) is 4.90. The second-order valence-electron chi connectivity index (χ2n) is 9.91. The summed E-state index contributed by atoms with van der Waals surface area (Å²) in [5.74, 6) is 0.757. The van der Waals surface area contributed by atoms with Gasteiger partial charge in [0.2, 0.25) is 5.96 Å². The van der Waals surface area contributed by atoms with Crippen LogP contribution >= 0.6 is 0 Å². The van der Waals surface area contributed by atoms with Crippen LogP contribution in [0.15, 0.2) is 71.7 Å². The summed E-state index contributed by atoms with van der Waals surface area (Å²) in [6, 6.07) is 23.0. The van der Waals surface area contributed by atoms with Gasteiger partial charge in [-0.25, -0.2) is 4.99 Å². The van der Waals surface area contributed by atoms with Gasteiger partial charge < -0.3 is 15.2 Å². The highest BCUT2D eigenvalue weighted by molar-refractivity contribution is 5.95. The van der Waals surface area contributed by atoms with Crippen LogP contribution in [-0.2, 0) is 19.6 Å². The van der Waals surface area contributed by atoms with E-state index in [4.69, 9.17) is 9.73 Å². The number of guanidine groups is 1. The second-order valence-corrected chi connectivity index (χ2v) is 9.91. The van der Waals surface area contributed by atoms with Crippen LogP contribution in [-0.4, -0.2) is 27.7 Å². The first kappa shape index (κ1) is 24.3. The molecule has 0 fully saturated rings. The number of ether oxygens (including phenoxy) is 1. The average molecular weight is 493 g/mol. The Morgan fingerprint density at radius 3 is 2.62 bits per heavy atom. The number of rotatable bonds is 4. The molecule has 2 aliphatic rings. The predicted molar refractivity (Wildman–Crippen MR) is 140 cm³/mol. The first-order chi connectivity index (χ1) is 17.9. The van der Waals surface area contributed by atoms with Crippen LogP contribution in [0, 0.1) is 22.8 Å². The van der Waals surface area contributed by atoms with E-state index in [-0.39, 0.29) is 5.96 Å². The van der Waals surface area contributed by atoms with Crippen LogP contribution in [0.2, 0.25) is 0 Å². The van der Waals surface area contributed by atoms with E-state index < -0.39 is 17.7 Å². The molecule has 0 aromatic heterocycles. The van der Waals surface area contributed by atoms with Gasteiger partial charge in [0.1, 0.15) is 23.5 Å². The molecule has 0 aliphatic carbocycles. The molecule has 8 nitrogen and oxygen atoms in total. The van der Waals surface area contributed by atoms with Gasteiger partial charge in [-0.1, -0.05) is 36.4 Å². The molecule has 3 N–H and O–H groups in total. The minimum atomic E-state index is -1.00. The van der Waals surface area contributed by atoms with E-state index in [2.05, 4.69) is 58.0 Å². The summed E-state index contributed by atoms with van der Waals surface area (Å²) in [5.41, 5.74) is 4.67. The maximum Gasteiger partial charge on any atom is 0.209 e. The molecular weight excluding hydrogens is 464 g/mol. The van der Waals surface area contributed by atoms with Crippen LogP contribution in [0.5, 0.6) is 5.75 Å². The molecule has 8 heteroatoms. The Bertz CT molecular complexity index is 1420. The van der Waals surface area contributed by atoms with Crippen molar-refractivity contribution in [2.75, 3.05) is 5.32 Å². The zero-order valence-corrected chi connectivity index (χ0v) is 20.8. The quantitative estimate of drug-likeness (QED) is 0.216. The number of nitriles is 2. The van der Waals surface area contributed by atoms with Gasteiger partial charge in [-0.3, -0.25) is 10.2 Å². The Morgan fingerprint density at radius 1 is 1.08 bits per heavy atom. The molecule has 0 radical (unpaired) electrons. The summed E-state index contributed by atoms with van der Waals surface area (Å²) in [6.45, 7) is 6.16. The molecule has 2 aliphatic heterocycles. The van der Waals surface area contributed by atoms with Crippen molar-refractivity contribution in [3.05, 3.63) is 94.5 Å². The van der Waals surface area contributed by atoms with Crippen molar-refractivity contribution in [1.29, 1.82) is 10.5 Å². The summed E-state index contributed by atoms with van der Waals surface area (Å²) in [6.07, 6.45) is 0.928. The number of hydrogen-bond donors (Lipinski definition) is 3. The first-order valence-corrected chi connectivity index (χ1v) is 12.2. The van der Waals surface area contributed by atoms with E-state index in [1.165, 1.54) is 16.7 Å². The number of anilines is 1. The summed E-state index contributed by atoms with van der Waals surface area (Å²) in [5, 5.41) is 35.7. The average Bonchev–Trinajstić information content (AvgIpc) is 3.28. The van der Waals surface area contributed by atoms with Crippen molar-refractivity contribution in [3.8, 4) is 18.0 Å². The third kappa shape index (κ3) is 5.12. The van der Waals surface area contributed by atoms with Gasteiger partial charge in [0.15, 0.2) is 6.19 Å². The van der Waals surface area contributed by atoms with Gasteiger partial charge >= 0.3 is 0 Å². The zero-order valence-electron chi connectivity index (χ0n) is 20.8. The van der Waals surface area contributed by atoms with Gasteiger partial charge in [-0.05, 0) is 60.9 Å². The van der Waals surface area contributed by atoms with Gasteiger partial charge in [0.05, 0.1) is 11.6 Å². The third-order valence-corrected chi connectivity index (χ3v) is 6.79. The van der Waals surface area contributed by atoms with E-state index in [0.29, 0.717) is 16.9 Å². The van der Waals surface area contributed by atoms with Crippen LogP contribution in [0.25, 0.3) is 0 Å². The molecule has 0 saturated carbocycles. The molecule has 5 rings (SSSR count). The summed E-state index contributed by atoms with van der Waals surface area (Å²) in [4.78, 5) is 7.09. The number of hydrogen-bond acceptors (Lipinski definition) is 6. The molecule has 0 amide bonds. The van der Waals surface area contributed by atoms with Crippen LogP contribution in [0.4, 0.5) is 5.69 Å². The van der Waals surface area contributed by atoms with Gasteiger partial charge in [0, 0.05) is 30.9 Å². The largest absolute Gasteiger partial charge is 0.485 e. The van der Waals surface area contributed by atoms with Crippen LogP contribution < -0.4 is 15.4 Å². The predicted octanol–water partition coefficient (Wildman–Crippen LogP) is 4.19. The highest BCUT2D eigenvalue weighted by Gasteiger charge is 2.43. The van der Waals surface area contributed by atoms with E-state index in [1.807, 2.05) is 18.3 Å². The minimum Gasteiger partial charge on any atom is -0.485 e. The number of nitrogens with zero attached hydrogens (tertiary/aromatic N) is 4. The molecule has 0 spiro atoms. The SMILES string of the molecule is CC1(C)Oc2ccc(C#N)cc2[C@@H](N=C(NC#N)Nc2ccc3c(c2)CN(Cc2ccccc2)C3)[C@@H]1O. The molecule has 0 saturated heterocycles. The van der Waals surface area contributed by atoms with Crippen molar-refractivity contribution in [3.63, 3.8) is 0 Å². The summed E-state index contributed by atoms with van der Waals surface area (Å²) < 4.78 is 5.98. The third-order valence-electron chi connectivity index (χ3n) is 6.79. The lowest BCUT2D eigenvalue weighted by Crippen LogP contribution is -2.49. The Labute approximate surface area is 216 Å². The topological polar surface area (TPSA) is 117 Å². The lowest BCUT2D eigenvalue weighted by molar-refractivity contribution is -0.0567. The van der Waals surface area contributed by atoms with Gasteiger partial charge in [-0.15, -0.1) is 0 Å². The zero-order chi connectivity index (χ0) is 26.0. The van der Waals surface area contributed by atoms with Crippen molar-refractivity contribution >= 4 is 11.6 Å². The Hall–Kier alpha value is -4.37. The van der Waals surface area contributed by atoms with E-state index >= 15 is 0 Å². The fraction of sp³-hybridized carbons (Fsp3) is 0.276. The number of benzene rings is 3. The van der Waals surface area contributed by atoms with Crippen molar-refractivity contribution in [2.45, 2.75) is 51.2 Å². The van der Waals surface area contributed by atoms with E-state index in [1.54, 1.807) is 32.0 Å². The normalized spacial score (nSPS) is 20.1. The molecule has 0 bridgehead atoms. The maximum atomic E-state index is 11.1. The molecule has 3 aromatic carbocycles. The van der Waals surface area contributed by atoms with Crippen molar-refractivity contribution in [2.24, 2.45) is 4.99 Å². The van der Waals surface area contributed by atoms with Gasteiger partial charge in [0.25, 0.3) is 0 Å². The molecule has 37 heavy (non-hydrogen) atoms. The van der Waals surface area contributed by atoms with Crippen LogP contribution in [0.3, 0.4) is 0 Å². The monoisotopic (exact) mass is 492 g/mol. The standard InChI is InChI=1S/C29H28N6O2/c1-29(2)27(36)26(24-12-20(14-30)8-11-25(24)37-29)34-28(32-18-31)33-23-10-9-21-16-35(17-22(21)13-23)15-19-6-4-3-5-7-19/h3-13,26-27,36H,15-17H2,1-2H3,(H2,32,33,34)/t26-,27+/m1/s1. The number of aliphatic hydroxyl groups is 1. The first-order valence-electron chi connectivity index (χ1n) is 12.2. The second kappa shape index (κ2) is 9.94. The number of fused-ring (bicyclic) bond motifs is 2. The lowest BCUT2D eigenvalue weighted by Gasteiger charge is -2.40. The minimum absolute atomic E-state index is 0.205. The van der Waals surface area contributed by atoms with Gasteiger partial charge in [-0.2, -0.15) is 10.5 Å². The molecule has 2 atom stereocenters. The Balaban J connectivity index is 1.39. The summed E-state index contributed by atoms with van der Waals surface area (Å²) in [7, 11) is 0. The van der Waals surface area contributed by atoms with Crippen molar-refractivity contribution in [1.82, 2.24) is 10.2 Å². The van der Waals surface area contributed by atoms with E-state index in [9.17, 15) is 15.6 Å². The fourth-order valence-electron chi connectivity index (χ4n) is 4.90. The maximum absolute atomic E-state index is 11.1. The molecule has 2 heterocycles. The molecule has 0 unspecified atom stereocenters.